The molecular formula is C14H20ClNO4S2. The molecule has 1 aromatic carbocycles. The van der Waals surface area contributed by atoms with Gasteiger partial charge < -0.3 is 0 Å². The van der Waals surface area contributed by atoms with Crippen molar-refractivity contribution in [3.05, 3.63) is 23.2 Å². The molecule has 1 aliphatic carbocycles. The lowest BCUT2D eigenvalue weighted by Gasteiger charge is -2.29. The van der Waals surface area contributed by atoms with Crippen LogP contribution in [0.5, 0.6) is 0 Å². The van der Waals surface area contributed by atoms with E-state index >= 15 is 0 Å². The highest BCUT2D eigenvalue weighted by atomic mass is 35.5. The van der Waals surface area contributed by atoms with E-state index in [1.807, 2.05) is 6.92 Å². The second-order valence-electron chi connectivity index (χ2n) is 5.85. The van der Waals surface area contributed by atoms with Crippen molar-refractivity contribution in [2.75, 3.05) is 6.26 Å². The molecule has 0 aliphatic heterocycles. The minimum Gasteiger partial charge on any atom is -0.224 e. The van der Waals surface area contributed by atoms with Gasteiger partial charge in [0.1, 0.15) is 4.90 Å². The highest BCUT2D eigenvalue weighted by Gasteiger charge is 2.28. The average molecular weight is 366 g/mol. The first kappa shape index (κ1) is 17.7. The first-order valence-corrected chi connectivity index (χ1v) is 10.9. The van der Waals surface area contributed by atoms with E-state index in [1.54, 1.807) is 0 Å². The maximum atomic E-state index is 12.6. The van der Waals surface area contributed by atoms with Gasteiger partial charge in [-0.25, -0.2) is 21.6 Å². The van der Waals surface area contributed by atoms with Crippen molar-refractivity contribution in [3.63, 3.8) is 0 Å². The molecule has 22 heavy (non-hydrogen) atoms. The second kappa shape index (κ2) is 6.47. The van der Waals surface area contributed by atoms with E-state index in [9.17, 15) is 16.8 Å². The number of sulfonamides is 1. The number of rotatable bonds is 4. The number of hydrogen-bond acceptors (Lipinski definition) is 4. The van der Waals surface area contributed by atoms with Crippen molar-refractivity contribution < 1.29 is 16.8 Å². The summed E-state index contributed by atoms with van der Waals surface area (Å²) in [5.41, 5.74) is 0. The number of benzene rings is 1. The fourth-order valence-electron chi connectivity index (χ4n) is 2.67. The third kappa shape index (κ3) is 4.01. The Balaban J connectivity index is 2.36. The smallest absolute Gasteiger partial charge is 0.224 e. The Morgan fingerprint density at radius 3 is 2.36 bits per heavy atom. The zero-order valence-electron chi connectivity index (χ0n) is 12.5. The zero-order valence-corrected chi connectivity index (χ0v) is 14.9. The van der Waals surface area contributed by atoms with Crippen LogP contribution in [0.25, 0.3) is 0 Å². The topological polar surface area (TPSA) is 80.3 Å². The lowest BCUT2D eigenvalue weighted by molar-refractivity contribution is 0.310. The minimum absolute atomic E-state index is 0.0170. The van der Waals surface area contributed by atoms with E-state index in [1.165, 1.54) is 12.1 Å². The average Bonchev–Trinajstić information content (AvgIpc) is 2.40. The highest BCUT2D eigenvalue weighted by molar-refractivity contribution is 7.91. The summed E-state index contributed by atoms with van der Waals surface area (Å²) >= 11 is 5.97. The van der Waals surface area contributed by atoms with Gasteiger partial charge in [-0.3, -0.25) is 0 Å². The quantitative estimate of drug-likeness (QED) is 0.889. The molecule has 1 N–H and O–H groups in total. The fraction of sp³-hybridized carbons (Fsp3) is 0.571. The monoisotopic (exact) mass is 365 g/mol. The summed E-state index contributed by atoms with van der Waals surface area (Å²) in [6.45, 7) is 2.01. The fourth-order valence-corrected chi connectivity index (χ4v) is 5.30. The van der Waals surface area contributed by atoms with E-state index in [0.717, 1.165) is 38.0 Å². The molecule has 2 rings (SSSR count). The largest absolute Gasteiger partial charge is 0.242 e. The normalized spacial score (nSPS) is 23.4. The van der Waals surface area contributed by atoms with Gasteiger partial charge in [0, 0.05) is 12.3 Å². The molecule has 1 aromatic rings. The predicted molar refractivity (Wildman–Crippen MR) is 86.3 cm³/mol. The molecule has 0 saturated heterocycles. The van der Waals surface area contributed by atoms with E-state index < -0.39 is 19.9 Å². The summed E-state index contributed by atoms with van der Waals surface area (Å²) in [6.07, 6.45) is 4.87. The van der Waals surface area contributed by atoms with Gasteiger partial charge in [-0.1, -0.05) is 31.4 Å². The number of halogens is 1. The van der Waals surface area contributed by atoms with Crippen molar-refractivity contribution in [1.29, 1.82) is 0 Å². The third-order valence-electron chi connectivity index (χ3n) is 4.04. The molecule has 2 atom stereocenters. The van der Waals surface area contributed by atoms with Crippen molar-refractivity contribution in [2.45, 2.75) is 48.4 Å². The molecule has 0 unspecified atom stereocenters. The molecule has 0 radical (unpaired) electrons. The molecule has 1 fully saturated rings. The second-order valence-corrected chi connectivity index (χ2v) is 9.96. The lowest BCUT2D eigenvalue weighted by atomic mass is 9.87. The Morgan fingerprint density at radius 1 is 1.14 bits per heavy atom. The number of sulfone groups is 1. The van der Waals surface area contributed by atoms with E-state index in [4.69, 9.17) is 11.6 Å². The Bertz CT molecular complexity index is 759. The summed E-state index contributed by atoms with van der Waals surface area (Å²) < 4.78 is 51.0. The van der Waals surface area contributed by atoms with E-state index in [2.05, 4.69) is 4.72 Å². The molecule has 1 saturated carbocycles. The van der Waals surface area contributed by atoms with Gasteiger partial charge in [0.2, 0.25) is 10.0 Å². The van der Waals surface area contributed by atoms with Gasteiger partial charge in [0.05, 0.1) is 9.92 Å². The summed E-state index contributed by atoms with van der Waals surface area (Å²) in [5.74, 6) is 0.250. The molecule has 124 valence electrons. The summed E-state index contributed by atoms with van der Waals surface area (Å²) in [4.78, 5) is -0.246. The predicted octanol–water partition coefficient (Wildman–Crippen LogP) is 2.60. The van der Waals surface area contributed by atoms with Gasteiger partial charge in [-0.2, -0.15) is 0 Å². The molecule has 0 bridgehead atoms. The summed E-state index contributed by atoms with van der Waals surface area (Å²) in [5, 5.41) is 0.0170. The van der Waals surface area contributed by atoms with Crippen LogP contribution in [0.1, 0.15) is 32.6 Å². The maximum absolute atomic E-state index is 12.6. The van der Waals surface area contributed by atoms with Crippen LogP contribution in [0.15, 0.2) is 28.0 Å². The maximum Gasteiger partial charge on any atom is 0.242 e. The SMILES string of the molecule is C[C@H]1CCCC[C@H]1NS(=O)(=O)c1cc(S(C)(=O)=O)ccc1Cl. The van der Waals surface area contributed by atoms with Crippen molar-refractivity contribution >= 4 is 31.5 Å². The minimum atomic E-state index is -3.85. The van der Waals surface area contributed by atoms with Crippen LogP contribution in [0.4, 0.5) is 0 Å². The molecule has 0 spiro atoms. The molecular weight excluding hydrogens is 346 g/mol. The molecule has 1 aliphatic rings. The summed E-state index contributed by atoms with van der Waals surface area (Å²) in [7, 11) is -7.35. The first-order valence-electron chi connectivity index (χ1n) is 7.13. The molecule has 8 heteroatoms. The summed E-state index contributed by atoms with van der Waals surface area (Å²) in [6, 6.07) is 3.58. The molecule has 0 heterocycles. The van der Waals surface area contributed by atoms with Crippen LogP contribution in [-0.2, 0) is 19.9 Å². The third-order valence-corrected chi connectivity index (χ3v) is 7.12. The van der Waals surface area contributed by atoms with Crippen LogP contribution >= 0.6 is 11.6 Å². The highest BCUT2D eigenvalue weighted by Crippen LogP contribution is 2.28. The number of hydrogen-bond donors (Lipinski definition) is 1. The zero-order chi connectivity index (χ0) is 16.5. The van der Waals surface area contributed by atoms with E-state index in [-0.39, 0.29) is 26.8 Å². The number of nitrogens with one attached hydrogen (secondary N) is 1. The van der Waals surface area contributed by atoms with Crippen LogP contribution in [0.2, 0.25) is 5.02 Å². The Morgan fingerprint density at radius 2 is 1.77 bits per heavy atom. The van der Waals surface area contributed by atoms with Gasteiger partial charge in [-0.05, 0) is 37.0 Å². The van der Waals surface area contributed by atoms with Gasteiger partial charge in [0.25, 0.3) is 0 Å². The van der Waals surface area contributed by atoms with Gasteiger partial charge >= 0.3 is 0 Å². The van der Waals surface area contributed by atoms with Crippen molar-refractivity contribution in [2.24, 2.45) is 5.92 Å². The molecule has 0 amide bonds. The van der Waals surface area contributed by atoms with Crippen LogP contribution in [0.3, 0.4) is 0 Å². The van der Waals surface area contributed by atoms with Crippen molar-refractivity contribution in [1.82, 2.24) is 4.72 Å². The van der Waals surface area contributed by atoms with Gasteiger partial charge in [-0.15, -0.1) is 0 Å². The molecule has 0 aromatic heterocycles. The molecule has 5 nitrogen and oxygen atoms in total. The first-order chi connectivity index (χ1) is 10.1. The Labute approximate surface area is 137 Å². The van der Waals surface area contributed by atoms with E-state index in [0.29, 0.717) is 0 Å². The van der Waals surface area contributed by atoms with Crippen LogP contribution in [-0.4, -0.2) is 29.1 Å². The van der Waals surface area contributed by atoms with Crippen LogP contribution < -0.4 is 4.72 Å². The Hall–Kier alpha value is -0.630. The van der Waals surface area contributed by atoms with Crippen molar-refractivity contribution in [3.8, 4) is 0 Å². The Kier molecular flexibility index (Phi) is 5.21. The van der Waals surface area contributed by atoms with Gasteiger partial charge in [0.15, 0.2) is 9.84 Å². The standard InChI is InChI=1S/C14H20ClNO4S2/c1-10-5-3-4-6-13(10)16-22(19,20)14-9-11(21(2,17)18)7-8-12(14)15/h7-10,13,16H,3-6H2,1-2H3/t10-,13+/m0/s1. The van der Waals surface area contributed by atoms with Crippen LogP contribution in [0, 0.1) is 5.92 Å². The lowest BCUT2D eigenvalue weighted by Crippen LogP contribution is -2.41.